The summed E-state index contributed by atoms with van der Waals surface area (Å²) in [5, 5.41) is 9.38. The molecule has 0 amide bonds. The molecule has 0 saturated carbocycles. The lowest BCUT2D eigenvalue weighted by atomic mass is 10.0. The van der Waals surface area contributed by atoms with Gasteiger partial charge in [-0.25, -0.2) is 4.79 Å². The van der Waals surface area contributed by atoms with E-state index in [0.29, 0.717) is 11.3 Å². The minimum atomic E-state index is -0.948. The van der Waals surface area contributed by atoms with Gasteiger partial charge in [-0.15, -0.1) is 0 Å². The standard InChI is InChI=1S/C17H16O3/c1-12-6-8-14(9-7-12)16(17(18)19)11-13-4-3-5-15(10-13)20-2/h3-11H,1-2H3,(H,18,19)/b16-11+. The third-order valence-corrected chi connectivity index (χ3v) is 3.00. The van der Waals surface area contributed by atoms with Crippen LogP contribution in [0.25, 0.3) is 11.6 Å². The minimum absolute atomic E-state index is 0.262. The Labute approximate surface area is 118 Å². The Balaban J connectivity index is 2.44. The van der Waals surface area contributed by atoms with Crippen molar-refractivity contribution in [3.63, 3.8) is 0 Å². The van der Waals surface area contributed by atoms with E-state index in [2.05, 4.69) is 0 Å². The smallest absolute Gasteiger partial charge is 0.336 e. The number of benzene rings is 2. The number of hydrogen-bond acceptors (Lipinski definition) is 2. The number of carboxylic acids is 1. The molecule has 20 heavy (non-hydrogen) atoms. The summed E-state index contributed by atoms with van der Waals surface area (Å²) in [6.07, 6.45) is 1.65. The second kappa shape index (κ2) is 6.06. The molecule has 0 atom stereocenters. The Morgan fingerprint density at radius 2 is 1.85 bits per heavy atom. The van der Waals surface area contributed by atoms with E-state index >= 15 is 0 Å². The Hall–Kier alpha value is -2.55. The van der Waals surface area contributed by atoms with Crippen LogP contribution in [0.1, 0.15) is 16.7 Å². The molecule has 0 fully saturated rings. The fourth-order valence-electron chi connectivity index (χ4n) is 1.90. The van der Waals surface area contributed by atoms with E-state index in [0.717, 1.165) is 11.1 Å². The van der Waals surface area contributed by atoms with Crippen LogP contribution in [0.15, 0.2) is 48.5 Å². The van der Waals surface area contributed by atoms with Crippen molar-refractivity contribution in [1.29, 1.82) is 0 Å². The molecular weight excluding hydrogens is 252 g/mol. The van der Waals surface area contributed by atoms with Gasteiger partial charge in [-0.1, -0.05) is 42.0 Å². The molecule has 2 aromatic rings. The Morgan fingerprint density at radius 1 is 1.15 bits per heavy atom. The molecule has 0 bridgehead atoms. The van der Waals surface area contributed by atoms with Crippen LogP contribution < -0.4 is 4.74 Å². The maximum atomic E-state index is 11.4. The highest BCUT2D eigenvalue weighted by Crippen LogP contribution is 2.21. The second-order valence-electron chi connectivity index (χ2n) is 4.51. The lowest BCUT2D eigenvalue weighted by Crippen LogP contribution is -1.99. The van der Waals surface area contributed by atoms with Gasteiger partial charge in [-0.2, -0.15) is 0 Å². The minimum Gasteiger partial charge on any atom is -0.497 e. The van der Waals surface area contributed by atoms with Crippen molar-refractivity contribution >= 4 is 17.6 Å². The highest BCUT2D eigenvalue weighted by Gasteiger charge is 2.10. The maximum Gasteiger partial charge on any atom is 0.336 e. The number of hydrogen-bond donors (Lipinski definition) is 1. The van der Waals surface area contributed by atoms with Crippen LogP contribution in [-0.2, 0) is 4.79 Å². The van der Waals surface area contributed by atoms with Crippen LogP contribution in [-0.4, -0.2) is 18.2 Å². The first-order chi connectivity index (χ1) is 9.60. The van der Waals surface area contributed by atoms with Gasteiger partial charge in [-0.05, 0) is 36.3 Å². The zero-order chi connectivity index (χ0) is 14.5. The van der Waals surface area contributed by atoms with E-state index in [-0.39, 0.29) is 5.57 Å². The Bertz CT molecular complexity index is 640. The van der Waals surface area contributed by atoms with Crippen molar-refractivity contribution in [1.82, 2.24) is 0 Å². The number of carbonyl (C=O) groups is 1. The van der Waals surface area contributed by atoms with Crippen molar-refractivity contribution < 1.29 is 14.6 Å². The molecule has 0 aromatic heterocycles. The quantitative estimate of drug-likeness (QED) is 0.680. The summed E-state index contributed by atoms with van der Waals surface area (Å²) in [5.74, 6) is -0.246. The molecule has 0 aliphatic carbocycles. The Kier molecular flexibility index (Phi) is 4.20. The number of carboxylic acid groups (broad SMARTS) is 1. The van der Waals surface area contributed by atoms with Gasteiger partial charge in [0.05, 0.1) is 12.7 Å². The molecule has 0 spiro atoms. The molecule has 0 unspecified atom stereocenters. The lowest BCUT2D eigenvalue weighted by molar-refractivity contribution is -0.130. The summed E-state index contributed by atoms with van der Waals surface area (Å²) in [7, 11) is 1.58. The fraction of sp³-hybridized carbons (Fsp3) is 0.118. The molecule has 0 aliphatic rings. The molecule has 3 heteroatoms. The van der Waals surface area contributed by atoms with Crippen molar-refractivity contribution in [2.24, 2.45) is 0 Å². The molecule has 0 saturated heterocycles. The highest BCUT2D eigenvalue weighted by molar-refractivity contribution is 6.20. The van der Waals surface area contributed by atoms with Crippen LogP contribution in [0.2, 0.25) is 0 Å². The van der Waals surface area contributed by atoms with Crippen molar-refractivity contribution in [3.8, 4) is 5.75 Å². The average Bonchev–Trinajstić information content (AvgIpc) is 2.46. The molecule has 0 radical (unpaired) electrons. The van der Waals surface area contributed by atoms with Gasteiger partial charge in [0.1, 0.15) is 5.75 Å². The largest absolute Gasteiger partial charge is 0.497 e. The number of aryl methyl sites for hydroxylation is 1. The van der Waals surface area contributed by atoms with Gasteiger partial charge >= 0.3 is 5.97 Å². The third-order valence-electron chi connectivity index (χ3n) is 3.00. The maximum absolute atomic E-state index is 11.4. The topological polar surface area (TPSA) is 46.5 Å². The predicted molar refractivity (Wildman–Crippen MR) is 79.7 cm³/mol. The summed E-state index contributed by atoms with van der Waals surface area (Å²) >= 11 is 0. The zero-order valence-corrected chi connectivity index (χ0v) is 11.5. The monoisotopic (exact) mass is 268 g/mol. The highest BCUT2D eigenvalue weighted by atomic mass is 16.5. The zero-order valence-electron chi connectivity index (χ0n) is 11.5. The van der Waals surface area contributed by atoms with Crippen LogP contribution in [0.4, 0.5) is 0 Å². The first kappa shape index (κ1) is 13.9. The SMILES string of the molecule is COc1cccc(/C=C(/C(=O)O)c2ccc(C)cc2)c1. The van der Waals surface area contributed by atoms with Gasteiger partial charge in [0, 0.05) is 0 Å². The van der Waals surface area contributed by atoms with Gasteiger partial charge in [0.25, 0.3) is 0 Å². The molecule has 0 aliphatic heterocycles. The van der Waals surface area contributed by atoms with E-state index in [9.17, 15) is 9.90 Å². The fourth-order valence-corrected chi connectivity index (χ4v) is 1.90. The molecule has 102 valence electrons. The summed E-state index contributed by atoms with van der Waals surface area (Å²) in [5.41, 5.74) is 2.84. The van der Waals surface area contributed by atoms with Crippen LogP contribution in [0.3, 0.4) is 0 Å². The average molecular weight is 268 g/mol. The van der Waals surface area contributed by atoms with Gasteiger partial charge < -0.3 is 9.84 Å². The molecule has 3 nitrogen and oxygen atoms in total. The molecular formula is C17H16O3. The summed E-state index contributed by atoms with van der Waals surface area (Å²) in [6, 6.07) is 14.7. The molecule has 1 N–H and O–H groups in total. The third kappa shape index (κ3) is 3.26. The summed E-state index contributed by atoms with van der Waals surface area (Å²) < 4.78 is 5.14. The van der Waals surface area contributed by atoms with Crippen LogP contribution in [0.5, 0.6) is 5.75 Å². The van der Waals surface area contributed by atoms with E-state index < -0.39 is 5.97 Å². The van der Waals surface area contributed by atoms with Gasteiger partial charge in [0.15, 0.2) is 0 Å². The molecule has 0 heterocycles. The Morgan fingerprint density at radius 3 is 2.45 bits per heavy atom. The first-order valence-corrected chi connectivity index (χ1v) is 6.26. The summed E-state index contributed by atoms with van der Waals surface area (Å²) in [4.78, 5) is 11.4. The van der Waals surface area contributed by atoms with E-state index in [1.807, 2.05) is 49.4 Å². The number of methoxy groups -OCH3 is 1. The molecule has 2 aromatic carbocycles. The molecule has 2 rings (SSSR count). The van der Waals surface area contributed by atoms with E-state index in [1.54, 1.807) is 19.3 Å². The lowest BCUT2D eigenvalue weighted by Gasteiger charge is -2.05. The van der Waals surface area contributed by atoms with Crippen molar-refractivity contribution in [3.05, 3.63) is 65.2 Å². The summed E-state index contributed by atoms with van der Waals surface area (Å²) in [6.45, 7) is 1.97. The number of ether oxygens (including phenoxy) is 1. The normalized spacial score (nSPS) is 11.2. The number of rotatable bonds is 4. The predicted octanol–water partition coefficient (Wildman–Crippen LogP) is 3.63. The van der Waals surface area contributed by atoms with E-state index in [1.165, 1.54) is 0 Å². The van der Waals surface area contributed by atoms with Crippen molar-refractivity contribution in [2.75, 3.05) is 7.11 Å². The van der Waals surface area contributed by atoms with E-state index in [4.69, 9.17) is 4.74 Å². The number of aliphatic carboxylic acids is 1. The van der Waals surface area contributed by atoms with Crippen LogP contribution in [0, 0.1) is 6.92 Å². The van der Waals surface area contributed by atoms with Crippen molar-refractivity contribution in [2.45, 2.75) is 6.92 Å². The first-order valence-electron chi connectivity index (χ1n) is 6.26. The van der Waals surface area contributed by atoms with Gasteiger partial charge in [0.2, 0.25) is 0 Å². The van der Waals surface area contributed by atoms with Crippen LogP contribution >= 0.6 is 0 Å². The second-order valence-corrected chi connectivity index (χ2v) is 4.51. The van der Waals surface area contributed by atoms with Gasteiger partial charge in [-0.3, -0.25) is 0 Å².